The quantitative estimate of drug-likeness (QED) is 0.532. The molecule has 0 saturated carbocycles. The topological polar surface area (TPSA) is 94.3 Å². The van der Waals surface area contributed by atoms with E-state index < -0.39 is 0 Å². The molecule has 0 aliphatic carbocycles. The molecule has 6 heteroatoms. The molecule has 0 atom stereocenters. The van der Waals surface area contributed by atoms with Gasteiger partial charge in [0, 0.05) is 28.4 Å². The fraction of sp³-hybridized carbons (Fsp3) is 0.133. The number of nitrogens with one attached hydrogen (secondary N) is 1. The van der Waals surface area contributed by atoms with Crippen LogP contribution in [0.3, 0.4) is 0 Å². The Kier molecular flexibility index (Phi) is 6.97. The zero-order chi connectivity index (χ0) is 15.7. The number of ether oxygens (including phenoxy) is 2. The summed E-state index contributed by atoms with van der Waals surface area (Å²) in [5.41, 5.74) is 12.3. The maximum Gasteiger partial charge on any atom is 0.208 e. The first-order chi connectivity index (χ1) is 10.1. The van der Waals surface area contributed by atoms with Gasteiger partial charge in [-0.05, 0) is 17.5 Å². The van der Waals surface area contributed by atoms with E-state index in [4.69, 9.17) is 26.4 Å². The van der Waals surface area contributed by atoms with Crippen LogP contribution in [-0.2, 0) is 4.74 Å². The van der Waals surface area contributed by atoms with Crippen LogP contribution in [0, 0.1) is 5.41 Å². The van der Waals surface area contributed by atoms with E-state index >= 15 is 0 Å². The van der Waals surface area contributed by atoms with Gasteiger partial charge in [0.05, 0.1) is 7.11 Å². The van der Waals surface area contributed by atoms with E-state index in [1.54, 1.807) is 18.6 Å². The maximum absolute atomic E-state index is 7.75. The molecule has 0 fully saturated rings. The molecule has 0 aromatic heterocycles. The van der Waals surface area contributed by atoms with Gasteiger partial charge in [-0.3, -0.25) is 5.41 Å². The van der Waals surface area contributed by atoms with E-state index in [9.17, 15) is 0 Å². The first-order valence-corrected chi connectivity index (χ1v) is 6.99. The highest BCUT2D eigenvalue weighted by molar-refractivity contribution is 8.05. The maximum atomic E-state index is 7.75. The highest BCUT2D eigenvalue weighted by Gasteiger charge is 2.06. The normalized spacial score (nSPS) is 11.4. The van der Waals surface area contributed by atoms with E-state index in [1.807, 2.05) is 18.2 Å². The molecule has 0 unspecified atom stereocenters. The molecule has 0 saturated heterocycles. The van der Waals surface area contributed by atoms with Crippen molar-refractivity contribution in [3.05, 3.63) is 59.0 Å². The minimum Gasteiger partial charge on any atom is -0.496 e. The number of methoxy groups -OCH3 is 1. The van der Waals surface area contributed by atoms with Crippen molar-refractivity contribution in [2.75, 3.05) is 13.7 Å². The largest absolute Gasteiger partial charge is 0.496 e. The molecule has 1 aromatic rings. The van der Waals surface area contributed by atoms with Crippen LogP contribution >= 0.6 is 11.8 Å². The molecular weight excluding hydrogens is 286 g/mol. The molecule has 1 rings (SSSR count). The van der Waals surface area contributed by atoms with Gasteiger partial charge >= 0.3 is 0 Å². The summed E-state index contributed by atoms with van der Waals surface area (Å²) in [5.74, 6) is 0.601. The Morgan fingerprint density at radius 3 is 2.81 bits per heavy atom. The standard InChI is InChI=1S/C15H19N3O2S/c1-11(21-8-7-16)10-20-15(18)9-13(17)12-5-3-4-6-14(12)19-2/h3-9,18H,1,10,16-17H2,2H3/b8-7-,13-9-,18-15?. The van der Waals surface area contributed by atoms with Crippen molar-refractivity contribution in [3.8, 4) is 5.75 Å². The number of hydrogen-bond donors (Lipinski definition) is 3. The molecule has 0 amide bonds. The van der Waals surface area contributed by atoms with Crippen molar-refractivity contribution < 1.29 is 9.47 Å². The predicted molar refractivity (Wildman–Crippen MR) is 88.9 cm³/mol. The highest BCUT2D eigenvalue weighted by Crippen LogP contribution is 2.22. The summed E-state index contributed by atoms with van der Waals surface area (Å²) in [7, 11) is 1.57. The first-order valence-electron chi connectivity index (χ1n) is 6.11. The zero-order valence-corrected chi connectivity index (χ0v) is 12.7. The molecule has 112 valence electrons. The average molecular weight is 305 g/mol. The van der Waals surface area contributed by atoms with Crippen molar-refractivity contribution in [2.45, 2.75) is 0 Å². The monoisotopic (exact) mass is 305 g/mol. The van der Waals surface area contributed by atoms with Crippen molar-refractivity contribution in [1.82, 2.24) is 0 Å². The molecule has 1 aromatic carbocycles. The summed E-state index contributed by atoms with van der Waals surface area (Å²) >= 11 is 1.35. The van der Waals surface area contributed by atoms with Gasteiger partial charge in [0.15, 0.2) is 0 Å². The zero-order valence-electron chi connectivity index (χ0n) is 11.8. The van der Waals surface area contributed by atoms with Gasteiger partial charge < -0.3 is 20.9 Å². The van der Waals surface area contributed by atoms with Gasteiger partial charge in [0.25, 0.3) is 0 Å². The second-order valence-corrected chi connectivity index (χ2v) is 5.02. The van der Waals surface area contributed by atoms with Gasteiger partial charge in [0.2, 0.25) is 5.90 Å². The van der Waals surface area contributed by atoms with Gasteiger partial charge in [-0.15, -0.1) is 0 Å². The van der Waals surface area contributed by atoms with Gasteiger partial charge in [-0.1, -0.05) is 30.5 Å². The third-order valence-electron chi connectivity index (χ3n) is 2.41. The summed E-state index contributed by atoms with van der Waals surface area (Å²) in [6.07, 6.45) is 2.86. The van der Waals surface area contributed by atoms with Gasteiger partial charge in [-0.25, -0.2) is 0 Å². The fourth-order valence-electron chi connectivity index (χ4n) is 1.47. The smallest absolute Gasteiger partial charge is 0.208 e. The summed E-state index contributed by atoms with van der Waals surface area (Å²) in [6.45, 7) is 4.00. The Morgan fingerprint density at radius 1 is 1.43 bits per heavy atom. The lowest BCUT2D eigenvalue weighted by Crippen LogP contribution is -2.07. The van der Waals surface area contributed by atoms with Crippen molar-refractivity contribution in [2.24, 2.45) is 11.5 Å². The van der Waals surface area contributed by atoms with E-state index in [0.717, 1.165) is 4.91 Å². The number of hydrogen-bond acceptors (Lipinski definition) is 6. The molecular formula is C15H19N3O2S. The Labute approximate surface area is 128 Å². The Morgan fingerprint density at radius 2 is 2.14 bits per heavy atom. The van der Waals surface area contributed by atoms with E-state index in [2.05, 4.69) is 6.58 Å². The Hall–Kier alpha value is -2.34. The van der Waals surface area contributed by atoms with Gasteiger partial charge in [-0.2, -0.15) is 0 Å². The van der Waals surface area contributed by atoms with Crippen LogP contribution < -0.4 is 16.2 Å². The lowest BCUT2D eigenvalue weighted by Gasteiger charge is -2.09. The van der Waals surface area contributed by atoms with E-state index in [0.29, 0.717) is 17.0 Å². The van der Waals surface area contributed by atoms with Crippen LogP contribution in [0.15, 0.2) is 53.4 Å². The summed E-state index contributed by atoms with van der Waals surface area (Å²) in [6, 6.07) is 7.32. The third kappa shape index (κ3) is 5.66. The van der Waals surface area contributed by atoms with Crippen molar-refractivity contribution >= 4 is 23.4 Å². The average Bonchev–Trinajstić information content (AvgIpc) is 2.50. The minimum atomic E-state index is -0.0446. The van der Waals surface area contributed by atoms with Crippen LogP contribution in [0.4, 0.5) is 0 Å². The summed E-state index contributed by atoms with van der Waals surface area (Å²) in [4.78, 5) is 0.741. The molecule has 0 heterocycles. The predicted octanol–water partition coefficient (Wildman–Crippen LogP) is 2.67. The van der Waals surface area contributed by atoms with Crippen molar-refractivity contribution in [1.29, 1.82) is 5.41 Å². The lowest BCUT2D eigenvalue weighted by molar-refractivity contribution is 0.348. The fourth-order valence-corrected chi connectivity index (χ4v) is 1.87. The number of nitrogens with two attached hydrogens (primary N) is 2. The minimum absolute atomic E-state index is 0.0446. The SMILES string of the molecule is C=C(COC(=N)/C=C(\N)c1ccccc1OC)S/C=C\N. The van der Waals surface area contributed by atoms with Crippen LogP contribution in [0.25, 0.3) is 5.70 Å². The van der Waals surface area contributed by atoms with Crippen molar-refractivity contribution in [3.63, 3.8) is 0 Å². The highest BCUT2D eigenvalue weighted by atomic mass is 32.2. The van der Waals surface area contributed by atoms with E-state index in [-0.39, 0.29) is 12.5 Å². The number of rotatable bonds is 7. The molecule has 0 spiro atoms. The number of benzene rings is 1. The lowest BCUT2D eigenvalue weighted by atomic mass is 10.1. The van der Waals surface area contributed by atoms with Crippen LogP contribution in [0.1, 0.15) is 5.56 Å². The second kappa shape index (κ2) is 8.76. The number of thioether (sulfide) groups is 1. The second-order valence-electron chi connectivity index (χ2n) is 3.94. The number of para-hydroxylation sites is 1. The molecule has 21 heavy (non-hydrogen) atoms. The Balaban J connectivity index is 2.65. The molecule has 0 aliphatic rings. The molecule has 5 nitrogen and oxygen atoms in total. The van der Waals surface area contributed by atoms with E-state index in [1.165, 1.54) is 24.0 Å². The first kappa shape index (κ1) is 16.7. The molecule has 0 aliphatic heterocycles. The molecule has 0 bridgehead atoms. The molecule has 5 N–H and O–H groups in total. The summed E-state index contributed by atoms with van der Waals surface area (Å²) in [5, 5.41) is 9.44. The Bertz CT molecular complexity index is 568. The van der Waals surface area contributed by atoms with Gasteiger partial charge in [0.1, 0.15) is 12.4 Å². The van der Waals surface area contributed by atoms with Crippen LogP contribution in [0.5, 0.6) is 5.75 Å². The molecule has 0 radical (unpaired) electrons. The summed E-state index contributed by atoms with van der Waals surface area (Å²) < 4.78 is 10.5. The van der Waals surface area contributed by atoms with Crippen LogP contribution in [-0.4, -0.2) is 19.6 Å². The van der Waals surface area contributed by atoms with Crippen LogP contribution in [0.2, 0.25) is 0 Å². The third-order valence-corrected chi connectivity index (χ3v) is 3.15.